The SMILES string of the molecule is CC(C)c1nc(C(=O)NCC2CCN(C)CC2)n[nH]1. The van der Waals surface area contributed by atoms with Gasteiger partial charge in [-0.15, -0.1) is 5.10 Å². The Morgan fingerprint density at radius 3 is 2.74 bits per heavy atom. The summed E-state index contributed by atoms with van der Waals surface area (Å²) in [6, 6.07) is 0. The first-order valence-electron chi connectivity index (χ1n) is 6.95. The van der Waals surface area contributed by atoms with E-state index in [0.717, 1.165) is 38.3 Å². The van der Waals surface area contributed by atoms with Gasteiger partial charge in [-0.1, -0.05) is 13.8 Å². The van der Waals surface area contributed by atoms with Crippen LogP contribution in [-0.4, -0.2) is 52.7 Å². The highest BCUT2D eigenvalue weighted by molar-refractivity contribution is 5.90. The fourth-order valence-corrected chi connectivity index (χ4v) is 2.22. The van der Waals surface area contributed by atoms with E-state index < -0.39 is 0 Å². The topological polar surface area (TPSA) is 73.9 Å². The summed E-state index contributed by atoms with van der Waals surface area (Å²) in [4.78, 5) is 18.4. The Bertz CT molecular complexity index is 420. The quantitative estimate of drug-likeness (QED) is 0.851. The molecule has 0 saturated carbocycles. The first-order chi connectivity index (χ1) is 9.06. The van der Waals surface area contributed by atoms with Crippen molar-refractivity contribution >= 4 is 5.91 Å². The number of piperidine rings is 1. The predicted octanol–water partition coefficient (Wildman–Crippen LogP) is 1.000. The largest absolute Gasteiger partial charge is 0.349 e. The van der Waals surface area contributed by atoms with E-state index in [4.69, 9.17) is 0 Å². The molecule has 1 saturated heterocycles. The Labute approximate surface area is 114 Å². The molecule has 1 fully saturated rings. The second-order valence-corrected chi connectivity index (χ2v) is 5.66. The van der Waals surface area contributed by atoms with Crippen molar-refractivity contribution in [2.24, 2.45) is 5.92 Å². The van der Waals surface area contributed by atoms with Crippen LogP contribution in [0, 0.1) is 5.92 Å². The number of hydrogen-bond donors (Lipinski definition) is 2. The average Bonchev–Trinajstić information content (AvgIpc) is 2.87. The maximum atomic E-state index is 11.9. The third kappa shape index (κ3) is 3.76. The summed E-state index contributed by atoms with van der Waals surface area (Å²) in [5, 5.41) is 9.69. The van der Waals surface area contributed by atoms with Crippen LogP contribution in [0.5, 0.6) is 0 Å². The molecule has 2 N–H and O–H groups in total. The number of nitrogens with zero attached hydrogens (tertiary/aromatic N) is 3. The van der Waals surface area contributed by atoms with Crippen LogP contribution in [0.2, 0.25) is 0 Å². The van der Waals surface area contributed by atoms with Gasteiger partial charge in [0.25, 0.3) is 5.91 Å². The molecule has 0 aliphatic carbocycles. The summed E-state index contributed by atoms with van der Waals surface area (Å²) in [5.74, 6) is 1.65. The van der Waals surface area contributed by atoms with Crippen molar-refractivity contribution in [1.29, 1.82) is 0 Å². The normalized spacial score (nSPS) is 17.9. The first kappa shape index (κ1) is 14.0. The summed E-state index contributed by atoms with van der Waals surface area (Å²) in [6.45, 7) is 6.97. The number of amides is 1. The molecule has 2 rings (SSSR count). The number of carbonyl (C=O) groups is 1. The van der Waals surface area contributed by atoms with Crippen molar-refractivity contribution < 1.29 is 4.79 Å². The minimum Gasteiger partial charge on any atom is -0.349 e. The molecule has 0 atom stereocenters. The molecule has 0 aromatic carbocycles. The highest BCUT2D eigenvalue weighted by atomic mass is 16.2. The number of hydrogen-bond acceptors (Lipinski definition) is 4. The predicted molar refractivity (Wildman–Crippen MR) is 73.0 cm³/mol. The van der Waals surface area contributed by atoms with Crippen molar-refractivity contribution in [3.05, 3.63) is 11.6 Å². The van der Waals surface area contributed by atoms with E-state index in [-0.39, 0.29) is 17.6 Å². The zero-order chi connectivity index (χ0) is 13.8. The molecular weight excluding hydrogens is 242 g/mol. The Morgan fingerprint density at radius 2 is 2.16 bits per heavy atom. The molecule has 0 unspecified atom stereocenters. The zero-order valence-electron chi connectivity index (χ0n) is 11.9. The number of likely N-dealkylation sites (tertiary alicyclic amines) is 1. The zero-order valence-corrected chi connectivity index (χ0v) is 11.9. The Balaban J connectivity index is 1.80. The Hall–Kier alpha value is -1.43. The van der Waals surface area contributed by atoms with Gasteiger partial charge in [-0.2, -0.15) is 0 Å². The lowest BCUT2D eigenvalue weighted by atomic mass is 9.97. The van der Waals surface area contributed by atoms with E-state index in [1.165, 1.54) is 0 Å². The number of H-pyrrole nitrogens is 1. The van der Waals surface area contributed by atoms with Crippen LogP contribution in [0.3, 0.4) is 0 Å². The fourth-order valence-electron chi connectivity index (χ4n) is 2.22. The Morgan fingerprint density at radius 1 is 1.47 bits per heavy atom. The van der Waals surface area contributed by atoms with Gasteiger partial charge in [0, 0.05) is 12.5 Å². The van der Waals surface area contributed by atoms with Gasteiger partial charge in [0.15, 0.2) is 0 Å². The molecular formula is C13H23N5O. The molecule has 0 bridgehead atoms. The summed E-state index contributed by atoms with van der Waals surface area (Å²) < 4.78 is 0. The number of nitrogens with one attached hydrogen (secondary N) is 2. The molecule has 19 heavy (non-hydrogen) atoms. The lowest BCUT2D eigenvalue weighted by Crippen LogP contribution is -2.37. The lowest BCUT2D eigenvalue weighted by Gasteiger charge is -2.28. The van der Waals surface area contributed by atoms with Gasteiger partial charge < -0.3 is 10.2 Å². The van der Waals surface area contributed by atoms with Gasteiger partial charge >= 0.3 is 0 Å². The van der Waals surface area contributed by atoms with Gasteiger partial charge in [-0.05, 0) is 38.9 Å². The van der Waals surface area contributed by atoms with E-state index in [1.54, 1.807) is 0 Å². The van der Waals surface area contributed by atoms with Crippen LogP contribution >= 0.6 is 0 Å². The monoisotopic (exact) mass is 265 g/mol. The van der Waals surface area contributed by atoms with Crippen LogP contribution in [0.15, 0.2) is 0 Å². The molecule has 0 spiro atoms. The highest BCUT2D eigenvalue weighted by Gasteiger charge is 2.19. The number of aromatic amines is 1. The maximum Gasteiger partial charge on any atom is 0.290 e. The van der Waals surface area contributed by atoms with E-state index in [2.05, 4.69) is 32.4 Å². The van der Waals surface area contributed by atoms with Crippen LogP contribution in [-0.2, 0) is 0 Å². The van der Waals surface area contributed by atoms with Gasteiger partial charge in [0.1, 0.15) is 5.82 Å². The molecule has 1 amide bonds. The third-order valence-corrected chi connectivity index (χ3v) is 3.64. The number of aromatic nitrogens is 3. The van der Waals surface area contributed by atoms with E-state index in [1.807, 2.05) is 13.8 Å². The summed E-state index contributed by atoms with van der Waals surface area (Å²) >= 11 is 0. The number of carbonyl (C=O) groups excluding carboxylic acids is 1. The van der Waals surface area contributed by atoms with Crippen LogP contribution < -0.4 is 5.32 Å². The van der Waals surface area contributed by atoms with E-state index in [0.29, 0.717) is 5.92 Å². The Kier molecular flexibility index (Phi) is 4.52. The summed E-state index contributed by atoms with van der Waals surface area (Å²) in [7, 11) is 2.13. The van der Waals surface area contributed by atoms with Crippen molar-refractivity contribution in [3.8, 4) is 0 Å². The smallest absolute Gasteiger partial charge is 0.290 e. The average molecular weight is 265 g/mol. The maximum absolute atomic E-state index is 11.9. The molecule has 1 aliphatic heterocycles. The van der Waals surface area contributed by atoms with Crippen molar-refractivity contribution in [2.45, 2.75) is 32.6 Å². The van der Waals surface area contributed by atoms with Crippen molar-refractivity contribution in [2.75, 3.05) is 26.7 Å². The fraction of sp³-hybridized carbons (Fsp3) is 0.769. The van der Waals surface area contributed by atoms with Gasteiger partial charge in [0.05, 0.1) is 0 Å². The molecule has 106 valence electrons. The first-order valence-corrected chi connectivity index (χ1v) is 6.95. The highest BCUT2D eigenvalue weighted by Crippen LogP contribution is 2.14. The van der Waals surface area contributed by atoms with Crippen LogP contribution in [0.25, 0.3) is 0 Å². The third-order valence-electron chi connectivity index (χ3n) is 3.64. The lowest BCUT2D eigenvalue weighted by molar-refractivity contribution is 0.0929. The van der Waals surface area contributed by atoms with Crippen LogP contribution in [0.1, 0.15) is 49.1 Å². The van der Waals surface area contributed by atoms with E-state index in [9.17, 15) is 4.79 Å². The minimum absolute atomic E-state index is 0.179. The van der Waals surface area contributed by atoms with Crippen LogP contribution in [0.4, 0.5) is 0 Å². The molecule has 1 aromatic heterocycles. The molecule has 1 aliphatic rings. The number of rotatable bonds is 4. The molecule has 2 heterocycles. The minimum atomic E-state index is -0.179. The molecule has 6 heteroatoms. The van der Waals surface area contributed by atoms with E-state index >= 15 is 0 Å². The molecule has 6 nitrogen and oxygen atoms in total. The standard InChI is InChI=1S/C13H23N5O/c1-9(2)11-15-12(17-16-11)13(19)14-8-10-4-6-18(3)7-5-10/h9-10H,4-8H2,1-3H3,(H,14,19)(H,15,16,17). The molecule has 1 aromatic rings. The van der Waals surface area contributed by atoms with Gasteiger partial charge in [0.2, 0.25) is 5.82 Å². The van der Waals surface area contributed by atoms with Crippen molar-refractivity contribution in [3.63, 3.8) is 0 Å². The second-order valence-electron chi connectivity index (χ2n) is 5.66. The summed E-state index contributed by atoms with van der Waals surface area (Å²) in [6.07, 6.45) is 2.28. The van der Waals surface area contributed by atoms with Gasteiger partial charge in [-0.3, -0.25) is 9.89 Å². The van der Waals surface area contributed by atoms with Gasteiger partial charge in [-0.25, -0.2) is 4.98 Å². The summed E-state index contributed by atoms with van der Waals surface area (Å²) in [5.41, 5.74) is 0. The second kappa shape index (κ2) is 6.14. The molecule has 0 radical (unpaired) electrons. The van der Waals surface area contributed by atoms with Crippen molar-refractivity contribution in [1.82, 2.24) is 25.4 Å².